The van der Waals surface area contributed by atoms with E-state index in [2.05, 4.69) is 14.8 Å². The number of pyridine rings is 1. The van der Waals surface area contributed by atoms with Gasteiger partial charge in [-0.2, -0.15) is 0 Å². The number of nitrogen functional groups attached to an aromatic ring is 1. The van der Waals surface area contributed by atoms with Gasteiger partial charge in [0.15, 0.2) is 6.61 Å². The Morgan fingerprint density at radius 2 is 1.77 bits per heavy atom. The number of aliphatic carboxylic acids is 1. The SMILES string of the molecule is N=C(N)c1ccc(N2CCN(c3ccc(OCC(=O)O)cc3)CC2)nc1. The van der Waals surface area contributed by atoms with E-state index in [4.69, 9.17) is 21.0 Å². The number of carbonyl (C=O) groups is 1. The van der Waals surface area contributed by atoms with Crippen LogP contribution < -0.4 is 20.3 Å². The number of carboxylic acids is 1. The number of rotatable bonds is 6. The van der Waals surface area contributed by atoms with Crippen molar-refractivity contribution in [2.24, 2.45) is 5.73 Å². The van der Waals surface area contributed by atoms with Gasteiger partial charge in [-0.25, -0.2) is 9.78 Å². The number of ether oxygens (including phenoxy) is 1. The van der Waals surface area contributed by atoms with E-state index in [1.807, 2.05) is 24.3 Å². The molecule has 2 heterocycles. The molecule has 1 aromatic carbocycles. The molecule has 4 N–H and O–H groups in total. The molecule has 0 radical (unpaired) electrons. The van der Waals surface area contributed by atoms with Crippen molar-refractivity contribution in [2.45, 2.75) is 0 Å². The van der Waals surface area contributed by atoms with Crippen LogP contribution in [0.3, 0.4) is 0 Å². The second-order valence-electron chi connectivity index (χ2n) is 5.97. The normalized spacial score (nSPS) is 14.2. The topological polar surface area (TPSA) is 116 Å². The molecule has 3 rings (SSSR count). The highest BCUT2D eigenvalue weighted by atomic mass is 16.5. The maximum atomic E-state index is 10.5. The van der Waals surface area contributed by atoms with Crippen molar-refractivity contribution in [1.29, 1.82) is 5.41 Å². The highest BCUT2D eigenvalue weighted by Crippen LogP contribution is 2.22. The Morgan fingerprint density at radius 1 is 1.12 bits per heavy atom. The Kier molecular flexibility index (Phi) is 5.21. The van der Waals surface area contributed by atoms with E-state index in [0.29, 0.717) is 11.3 Å². The maximum Gasteiger partial charge on any atom is 0.341 e. The van der Waals surface area contributed by atoms with Crippen LogP contribution in [0.2, 0.25) is 0 Å². The molecule has 26 heavy (non-hydrogen) atoms. The first kappa shape index (κ1) is 17.5. The largest absolute Gasteiger partial charge is 0.482 e. The Labute approximate surface area is 151 Å². The Morgan fingerprint density at radius 3 is 2.31 bits per heavy atom. The maximum absolute atomic E-state index is 10.5. The number of piperazine rings is 1. The lowest BCUT2D eigenvalue weighted by molar-refractivity contribution is -0.139. The van der Waals surface area contributed by atoms with Crippen molar-refractivity contribution >= 4 is 23.3 Å². The molecule has 1 saturated heterocycles. The van der Waals surface area contributed by atoms with Gasteiger partial charge in [-0.15, -0.1) is 0 Å². The number of nitrogens with one attached hydrogen (secondary N) is 1. The third-order valence-corrected chi connectivity index (χ3v) is 4.23. The number of carboxylic acid groups (broad SMARTS) is 1. The number of nitrogens with zero attached hydrogens (tertiary/aromatic N) is 3. The van der Waals surface area contributed by atoms with E-state index in [1.165, 1.54) is 0 Å². The smallest absolute Gasteiger partial charge is 0.341 e. The van der Waals surface area contributed by atoms with Crippen molar-refractivity contribution in [3.8, 4) is 5.75 Å². The fraction of sp³-hybridized carbons (Fsp3) is 0.278. The highest BCUT2D eigenvalue weighted by Gasteiger charge is 2.18. The number of anilines is 2. The summed E-state index contributed by atoms with van der Waals surface area (Å²) in [5.41, 5.74) is 7.15. The predicted octanol–water partition coefficient (Wildman–Crippen LogP) is 1.16. The van der Waals surface area contributed by atoms with E-state index >= 15 is 0 Å². The quantitative estimate of drug-likeness (QED) is 0.526. The first-order chi connectivity index (χ1) is 12.5. The van der Waals surface area contributed by atoms with Crippen LogP contribution in [0.5, 0.6) is 5.75 Å². The number of hydrogen-bond donors (Lipinski definition) is 3. The van der Waals surface area contributed by atoms with E-state index in [1.54, 1.807) is 18.3 Å². The summed E-state index contributed by atoms with van der Waals surface area (Å²) in [5, 5.41) is 16.0. The van der Waals surface area contributed by atoms with Gasteiger partial charge < -0.3 is 25.4 Å². The van der Waals surface area contributed by atoms with Crippen molar-refractivity contribution < 1.29 is 14.6 Å². The predicted molar refractivity (Wildman–Crippen MR) is 99.3 cm³/mol. The van der Waals surface area contributed by atoms with Crippen LogP contribution in [0.1, 0.15) is 5.56 Å². The van der Waals surface area contributed by atoms with E-state index in [-0.39, 0.29) is 12.4 Å². The van der Waals surface area contributed by atoms with Crippen molar-refractivity contribution in [3.05, 3.63) is 48.2 Å². The van der Waals surface area contributed by atoms with Gasteiger partial charge in [0.1, 0.15) is 17.4 Å². The van der Waals surface area contributed by atoms with Crippen LogP contribution in [0.15, 0.2) is 42.6 Å². The number of benzene rings is 1. The zero-order chi connectivity index (χ0) is 18.5. The molecule has 0 atom stereocenters. The molecule has 0 amide bonds. The van der Waals surface area contributed by atoms with Gasteiger partial charge >= 0.3 is 5.97 Å². The summed E-state index contributed by atoms with van der Waals surface area (Å²) in [6.07, 6.45) is 1.62. The molecule has 1 aliphatic heterocycles. The van der Waals surface area contributed by atoms with Crippen molar-refractivity contribution in [1.82, 2.24) is 4.98 Å². The summed E-state index contributed by atoms with van der Waals surface area (Å²) >= 11 is 0. The number of hydrogen-bond acceptors (Lipinski definition) is 6. The molecule has 8 heteroatoms. The third kappa shape index (κ3) is 4.21. The molecule has 8 nitrogen and oxygen atoms in total. The van der Waals surface area contributed by atoms with E-state index in [9.17, 15) is 4.79 Å². The molecule has 0 spiro atoms. The van der Waals surface area contributed by atoms with E-state index in [0.717, 1.165) is 37.7 Å². The summed E-state index contributed by atoms with van der Waals surface area (Å²) in [6, 6.07) is 11.1. The Bertz CT molecular complexity index is 768. The minimum Gasteiger partial charge on any atom is -0.482 e. The van der Waals surface area contributed by atoms with Crippen LogP contribution in [0.4, 0.5) is 11.5 Å². The Hall–Kier alpha value is -3.29. The minimum atomic E-state index is -0.991. The lowest BCUT2D eigenvalue weighted by Gasteiger charge is -2.36. The van der Waals surface area contributed by atoms with Crippen LogP contribution >= 0.6 is 0 Å². The highest BCUT2D eigenvalue weighted by molar-refractivity contribution is 5.94. The minimum absolute atomic E-state index is 0.0182. The second-order valence-corrected chi connectivity index (χ2v) is 5.97. The van der Waals surface area contributed by atoms with E-state index < -0.39 is 5.97 Å². The number of aromatic nitrogens is 1. The van der Waals surface area contributed by atoms with Crippen LogP contribution in [0.25, 0.3) is 0 Å². The molecular weight excluding hydrogens is 334 g/mol. The molecule has 0 unspecified atom stereocenters. The Balaban J connectivity index is 1.56. The summed E-state index contributed by atoms with van der Waals surface area (Å²) in [6.45, 7) is 3.04. The molecular formula is C18H21N5O3. The molecule has 1 aromatic heterocycles. The van der Waals surface area contributed by atoms with Crippen LogP contribution in [-0.2, 0) is 4.79 Å². The summed E-state index contributed by atoms with van der Waals surface area (Å²) in [7, 11) is 0. The van der Waals surface area contributed by atoms with Crippen LogP contribution in [-0.4, -0.2) is 54.7 Å². The number of amidine groups is 1. The number of nitrogens with two attached hydrogens (primary N) is 1. The van der Waals surface area contributed by atoms with Gasteiger partial charge in [0.2, 0.25) is 0 Å². The lowest BCUT2D eigenvalue weighted by Crippen LogP contribution is -2.46. The average molecular weight is 355 g/mol. The molecule has 0 bridgehead atoms. The third-order valence-electron chi connectivity index (χ3n) is 4.23. The van der Waals surface area contributed by atoms with Gasteiger partial charge in [0.25, 0.3) is 0 Å². The van der Waals surface area contributed by atoms with Crippen molar-refractivity contribution in [3.63, 3.8) is 0 Å². The zero-order valence-electron chi connectivity index (χ0n) is 14.3. The standard InChI is InChI=1S/C18H21N5O3/c19-18(20)13-1-6-16(21-11-13)23-9-7-22(8-10-23)14-2-4-15(5-3-14)26-12-17(24)25/h1-6,11H,7-10,12H2,(H3,19,20)(H,24,25). The van der Waals surface area contributed by atoms with Gasteiger partial charge in [-0.3, -0.25) is 5.41 Å². The monoisotopic (exact) mass is 355 g/mol. The molecule has 2 aromatic rings. The average Bonchev–Trinajstić information content (AvgIpc) is 2.67. The molecule has 1 fully saturated rings. The van der Waals surface area contributed by atoms with Gasteiger partial charge in [0.05, 0.1) is 0 Å². The summed E-state index contributed by atoms with van der Waals surface area (Å²) in [5.74, 6) is 0.455. The zero-order valence-corrected chi connectivity index (χ0v) is 14.3. The summed E-state index contributed by atoms with van der Waals surface area (Å²) < 4.78 is 5.15. The van der Waals surface area contributed by atoms with Gasteiger partial charge in [0, 0.05) is 43.6 Å². The summed E-state index contributed by atoms with van der Waals surface area (Å²) in [4.78, 5) is 19.4. The first-order valence-electron chi connectivity index (χ1n) is 8.28. The van der Waals surface area contributed by atoms with Crippen molar-refractivity contribution in [2.75, 3.05) is 42.6 Å². The van der Waals surface area contributed by atoms with Crippen LogP contribution in [0, 0.1) is 5.41 Å². The second kappa shape index (κ2) is 7.73. The lowest BCUT2D eigenvalue weighted by atomic mass is 10.2. The van der Waals surface area contributed by atoms with Gasteiger partial charge in [-0.1, -0.05) is 0 Å². The van der Waals surface area contributed by atoms with Gasteiger partial charge in [-0.05, 0) is 36.4 Å². The fourth-order valence-electron chi connectivity index (χ4n) is 2.82. The first-order valence-corrected chi connectivity index (χ1v) is 8.28. The molecule has 0 saturated carbocycles. The molecule has 136 valence electrons. The molecule has 1 aliphatic rings. The molecule has 0 aliphatic carbocycles. The fourth-order valence-corrected chi connectivity index (χ4v) is 2.82.